The van der Waals surface area contributed by atoms with Gasteiger partial charge in [0.2, 0.25) is 5.78 Å². The van der Waals surface area contributed by atoms with Gasteiger partial charge in [-0.3, -0.25) is 19.3 Å². The van der Waals surface area contributed by atoms with Gasteiger partial charge in [0.25, 0.3) is 5.91 Å². The maximum atomic E-state index is 14.2. The van der Waals surface area contributed by atoms with E-state index in [1.807, 2.05) is 6.07 Å². The average Bonchev–Trinajstić information content (AvgIpc) is 2.89. The standard InChI is InChI=1S/C32H43N3O8/c1-8-43-34-15(2)18-12-16(10-9-11-31(3,4)5)25(36)22-19(18)13-17-14-20-24(35(6)7)27(38)23(30(33)41)29(40)32(20,42)28(39)21(17)26(22)37/h12,17,20,24,36-37,40,42H,8-11,13-14H2,1-7H3,(H2,33,41)/b34-15-/t17-,20-,24-,32-/m0/s1. The minimum Gasteiger partial charge on any atom is -0.508 e. The Balaban J connectivity index is 1.95. The van der Waals surface area contributed by atoms with Gasteiger partial charge in [-0.1, -0.05) is 25.9 Å². The number of hydrogen-bond donors (Lipinski definition) is 5. The van der Waals surface area contributed by atoms with Crippen molar-refractivity contribution < 1.29 is 39.6 Å². The van der Waals surface area contributed by atoms with E-state index in [4.69, 9.17) is 10.6 Å². The van der Waals surface area contributed by atoms with Crippen molar-refractivity contribution in [1.29, 1.82) is 0 Å². The second-order valence-corrected chi connectivity index (χ2v) is 13.3. The van der Waals surface area contributed by atoms with E-state index in [-0.39, 0.29) is 35.1 Å². The van der Waals surface area contributed by atoms with Gasteiger partial charge in [-0.25, -0.2) is 0 Å². The van der Waals surface area contributed by atoms with Crippen LogP contribution >= 0.6 is 0 Å². The Morgan fingerprint density at radius 3 is 2.42 bits per heavy atom. The molecule has 1 amide bonds. The van der Waals surface area contributed by atoms with Crippen LogP contribution in [0.1, 0.15) is 76.1 Å². The molecule has 0 saturated heterocycles. The first-order chi connectivity index (χ1) is 20.0. The first kappa shape index (κ1) is 32.2. The summed E-state index contributed by atoms with van der Waals surface area (Å²) >= 11 is 0. The fraction of sp³-hybridized carbons (Fsp3) is 0.562. The summed E-state index contributed by atoms with van der Waals surface area (Å²) in [6, 6.07) is 0.700. The molecule has 4 rings (SSSR count). The molecule has 43 heavy (non-hydrogen) atoms. The largest absolute Gasteiger partial charge is 0.508 e. The third-order valence-electron chi connectivity index (χ3n) is 8.89. The maximum Gasteiger partial charge on any atom is 0.255 e. The van der Waals surface area contributed by atoms with Crippen LogP contribution in [-0.2, 0) is 32.1 Å². The zero-order valence-corrected chi connectivity index (χ0v) is 25.9. The van der Waals surface area contributed by atoms with Gasteiger partial charge in [0.15, 0.2) is 11.4 Å². The van der Waals surface area contributed by atoms with E-state index in [1.165, 1.54) is 4.90 Å². The lowest BCUT2D eigenvalue weighted by Gasteiger charge is -2.50. The van der Waals surface area contributed by atoms with E-state index in [1.54, 1.807) is 27.9 Å². The number of ketones is 2. The molecule has 3 aliphatic carbocycles. The zero-order chi connectivity index (χ0) is 32.2. The fourth-order valence-electron chi connectivity index (χ4n) is 6.90. The van der Waals surface area contributed by atoms with Gasteiger partial charge in [0, 0.05) is 17.1 Å². The number of fused-ring (bicyclic) bond motifs is 3. The van der Waals surface area contributed by atoms with Crippen molar-refractivity contribution in [3.8, 4) is 5.75 Å². The molecule has 0 heterocycles. The van der Waals surface area contributed by atoms with Crippen molar-refractivity contribution in [3.05, 3.63) is 45.2 Å². The molecule has 1 saturated carbocycles. The van der Waals surface area contributed by atoms with E-state index in [9.17, 15) is 34.8 Å². The number of likely N-dealkylation sites (N-methyl/N-ethyl adjacent to an activating group) is 1. The molecule has 6 N–H and O–H groups in total. The van der Waals surface area contributed by atoms with Gasteiger partial charge in [-0.15, -0.1) is 0 Å². The number of oxime groups is 1. The lowest BCUT2D eigenvalue weighted by Crippen LogP contribution is -2.65. The number of phenols is 1. The van der Waals surface area contributed by atoms with Gasteiger partial charge >= 0.3 is 0 Å². The summed E-state index contributed by atoms with van der Waals surface area (Å²) in [7, 11) is 3.14. The van der Waals surface area contributed by atoms with Crippen LogP contribution in [0.4, 0.5) is 0 Å². The molecule has 0 unspecified atom stereocenters. The smallest absolute Gasteiger partial charge is 0.255 e. The number of aromatic hydroxyl groups is 1. The third-order valence-corrected chi connectivity index (χ3v) is 8.89. The molecule has 0 aliphatic heterocycles. The van der Waals surface area contributed by atoms with E-state index < -0.39 is 58.0 Å². The summed E-state index contributed by atoms with van der Waals surface area (Å²) in [5.41, 5.74) is 4.13. The Bertz CT molecular complexity index is 1470. The molecule has 0 aromatic heterocycles. The number of aliphatic hydroxyl groups excluding tert-OH is 2. The van der Waals surface area contributed by atoms with Crippen LogP contribution < -0.4 is 5.73 Å². The van der Waals surface area contributed by atoms with E-state index >= 15 is 0 Å². The highest BCUT2D eigenvalue weighted by Gasteiger charge is 2.64. The summed E-state index contributed by atoms with van der Waals surface area (Å²) in [6.07, 6.45) is 2.33. The Kier molecular flexibility index (Phi) is 8.56. The van der Waals surface area contributed by atoms with Crippen LogP contribution in [0.2, 0.25) is 0 Å². The molecule has 0 radical (unpaired) electrons. The number of aliphatic hydroxyl groups is 3. The monoisotopic (exact) mass is 597 g/mol. The number of primary amides is 1. The second kappa shape index (κ2) is 11.4. The molecule has 11 nitrogen and oxygen atoms in total. The lowest BCUT2D eigenvalue weighted by atomic mass is 9.57. The van der Waals surface area contributed by atoms with Gasteiger partial charge in [0.1, 0.15) is 29.4 Å². The van der Waals surface area contributed by atoms with Gasteiger partial charge in [0.05, 0.1) is 17.3 Å². The summed E-state index contributed by atoms with van der Waals surface area (Å²) in [5.74, 6) is -6.71. The molecule has 3 aliphatic rings. The molecule has 1 fully saturated rings. The lowest BCUT2D eigenvalue weighted by molar-refractivity contribution is -0.153. The van der Waals surface area contributed by atoms with Crippen LogP contribution in [0.25, 0.3) is 5.76 Å². The molecule has 4 atom stereocenters. The van der Waals surface area contributed by atoms with Crippen LogP contribution in [0, 0.1) is 17.3 Å². The van der Waals surface area contributed by atoms with Crippen molar-refractivity contribution in [2.75, 3.05) is 20.7 Å². The number of hydrogen-bond acceptors (Lipinski definition) is 10. The Labute approximate surface area is 251 Å². The minimum absolute atomic E-state index is 0.0148. The van der Waals surface area contributed by atoms with Crippen LogP contribution in [0.15, 0.2) is 28.1 Å². The van der Waals surface area contributed by atoms with Gasteiger partial charge in [-0.2, -0.15) is 0 Å². The van der Waals surface area contributed by atoms with Crippen LogP contribution in [-0.4, -0.2) is 80.9 Å². The molecule has 1 aromatic carbocycles. The fourth-order valence-corrected chi connectivity index (χ4v) is 6.90. The van der Waals surface area contributed by atoms with Crippen molar-refractivity contribution in [2.45, 2.75) is 78.4 Å². The summed E-state index contributed by atoms with van der Waals surface area (Å²) in [6.45, 7) is 10.3. The number of nitrogens with zero attached hydrogens (tertiary/aromatic N) is 2. The summed E-state index contributed by atoms with van der Waals surface area (Å²) < 4.78 is 0. The van der Waals surface area contributed by atoms with Gasteiger partial charge < -0.3 is 31.0 Å². The number of phenolic OH excluding ortho intramolecular Hbond substituents is 1. The second-order valence-electron chi connectivity index (χ2n) is 13.3. The maximum absolute atomic E-state index is 14.2. The summed E-state index contributed by atoms with van der Waals surface area (Å²) in [5, 5.41) is 50.3. The molecule has 11 heteroatoms. The molecule has 0 bridgehead atoms. The number of nitrogens with two attached hydrogens (primary N) is 1. The molecular formula is C32H43N3O8. The Morgan fingerprint density at radius 2 is 1.86 bits per heavy atom. The van der Waals surface area contributed by atoms with Gasteiger partial charge in [-0.05, 0) is 88.6 Å². The van der Waals surface area contributed by atoms with E-state index in [0.717, 1.165) is 12.8 Å². The molecule has 0 spiro atoms. The number of aryl methyl sites for hydroxylation is 1. The zero-order valence-electron chi connectivity index (χ0n) is 25.9. The quantitative estimate of drug-likeness (QED) is 0.171. The highest BCUT2D eigenvalue weighted by Crippen LogP contribution is 2.53. The topological polar surface area (TPSA) is 183 Å². The predicted molar refractivity (Wildman–Crippen MR) is 160 cm³/mol. The van der Waals surface area contributed by atoms with Crippen LogP contribution in [0.5, 0.6) is 5.75 Å². The number of rotatable bonds is 8. The number of carbonyl (C=O) groups excluding carboxylic acids is 3. The van der Waals surface area contributed by atoms with Crippen molar-refractivity contribution in [2.24, 2.45) is 28.1 Å². The normalized spacial score (nSPS) is 26.0. The highest BCUT2D eigenvalue weighted by molar-refractivity contribution is 6.24. The third kappa shape index (κ3) is 5.33. The number of Topliss-reactive ketones (excluding diaryl/α,β-unsaturated/α-hetero) is 2. The first-order valence-corrected chi connectivity index (χ1v) is 14.7. The van der Waals surface area contributed by atoms with Crippen molar-refractivity contribution >= 4 is 28.9 Å². The first-order valence-electron chi connectivity index (χ1n) is 14.7. The molecular weight excluding hydrogens is 554 g/mol. The predicted octanol–water partition coefficient (Wildman–Crippen LogP) is 3.09. The van der Waals surface area contributed by atoms with E-state index in [0.29, 0.717) is 35.4 Å². The summed E-state index contributed by atoms with van der Waals surface area (Å²) in [4.78, 5) is 46.5. The van der Waals surface area contributed by atoms with Crippen molar-refractivity contribution in [3.63, 3.8) is 0 Å². The van der Waals surface area contributed by atoms with Crippen LogP contribution in [0.3, 0.4) is 0 Å². The SMILES string of the molecule is CCO/N=C(/C)c1cc(CCCC(C)(C)C)c(O)c2c1C[C@H]1C[C@H]3[C@H](N(C)C)C(=O)C(C(N)=O)=C(O)[C@@]3(O)C(=O)C1=C2O. The minimum atomic E-state index is -2.68. The van der Waals surface area contributed by atoms with E-state index in [2.05, 4.69) is 25.9 Å². The average molecular weight is 598 g/mol. The number of carbonyl (C=O) groups is 3. The molecule has 234 valence electrons. The number of amides is 1. The Morgan fingerprint density at radius 1 is 1.21 bits per heavy atom. The Hall–Kier alpha value is -3.70. The molecule has 1 aromatic rings. The number of benzene rings is 1. The highest BCUT2D eigenvalue weighted by atomic mass is 16.6. The van der Waals surface area contributed by atoms with Crippen molar-refractivity contribution in [1.82, 2.24) is 4.90 Å².